The summed E-state index contributed by atoms with van der Waals surface area (Å²) in [6.07, 6.45) is 0. The highest BCUT2D eigenvalue weighted by Crippen LogP contribution is 2.57. The minimum Gasteiger partial charge on any atom is -0.310 e. The van der Waals surface area contributed by atoms with E-state index in [9.17, 15) is 11.0 Å². The molecule has 604 valence electrons. The van der Waals surface area contributed by atoms with E-state index in [0.29, 0.717) is 5.69 Å². The lowest BCUT2D eigenvalue weighted by Crippen LogP contribution is -2.61. The summed E-state index contributed by atoms with van der Waals surface area (Å²) in [5.74, 6) is 0. The fourth-order valence-electron chi connectivity index (χ4n) is 21.0. The molecule has 4 aromatic heterocycles. The molecular weight excluding hydrogens is 1550 g/mol. The monoisotopic (exact) mass is 1640 g/mol. The average Bonchev–Trinajstić information content (AvgIpc) is 1.39. The molecule has 128 heavy (non-hydrogen) atoms. The summed E-state index contributed by atoms with van der Waals surface area (Å²) < 4.78 is 84.0. The highest BCUT2D eigenvalue weighted by atomic mass is 15.2. The second-order valence-electron chi connectivity index (χ2n) is 36.5. The van der Waals surface area contributed by atoms with Crippen molar-refractivity contribution < 1.29 is 11.0 Å². The Bertz CT molecular complexity index is 8750. The Morgan fingerprint density at radius 3 is 1.09 bits per heavy atom. The van der Waals surface area contributed by atoms with E-state index in [-0.39, 0.29) is 44.7 Å². The van der Waals surface area contributed by atoms with Crippen molar-refractivity contribution in [3.05, 3.63) is 436 Å². The van der Waals surface area contributed by atoms with Crippen LogP contribution in [0, 0.1) is 0 Å². The Balaban J connectivity index is 0.868. The van der Waals surface area contributed by atoms with Crippen LogP contribution in [0.25, 0.3) is 182 Å². The lowest BCUT2D eigenvalue weighted by Gasteiger charge is -2.46. The zero-order valence-corrected chi connectivity index (χ0v) is 71.6. The zero-order chi connectivity index (χ0) is 92.3. The molecule has 2 aliphatic heterocycles. The first-order chi connectivity index (χ1) is 66.1. The maximum Gasteiger partial charge on any atom is 0.252 e. The molecule has 6 heteroatoms. The van der Waals surface area contributed by atoms with Gasteiger partial charge in [0.2, 0.25) is 0 Å². The molecule has 0 radical (unpaired) electrons. The fraction of sp³-hybridized carbons (Fsp3) is 0.0656. The van der Waals surface area contributed by atoms with Crippen LogP contribution in [-0.4, -0.2) is 20.2 Å². The largest absolute Gasteiger partial charge is 0.310 e. The van der Waals surface area contributed by atoms with Gasteiger partial charge in [-0.25, -0.2) is 0 Å². The normalized spacial score (nSPS) is 13.6. The number of para-hydroxylation sites is 6. The fourth-order valence-corrected chi connectivity index (χ4v) is 21.0. The van der Waals surface area contributed by atoms with Crippen molar-refractivity contribution in [2.24, 2.45) is 0 Å². The number of rotatable bonds is 12. The Morgan fingerprint density at radius 2 is 0.586 bits per heavy atom. The van der Waals surface area contributed by atoms with E-state index in [4.69, 9.17) is 0 Å². The van der Waals surface area contributed by atoms with Crippen molar-refractivity contribution in [3.63, 3.8) is 0 Å². The molecule has 0 saturated carbocycles. The number of hydrogen-bond donors (Lipinski definition) is 0. The summed E-state index contributed by atoms with van der Waals surface area (Å²) in [5, 5.41) is 6.86. The Hall–Kier alpha value is -15.8. The van der Waals surface area contributed by atoms with Gasteiger partial charge in [0.1, 0.15) is 0 Å². The van der Waals surface area contributed by atoms with Gasteiger partial charge in [0, 0.05) is 99.5 Å². The van der Waals surface area contributed by atoms with Crippen molar-refractivity contribution in [1.29, 1.82) is 0 Å². The summed E-state index contributed by atoms with van der Waals surface area (Å²) in [4.78, 5) is 5.11. The van der Waals surface area contributed by atoms with E-state index in [1.807, 2.05) is 6.07 Å². The van der Waals surface area contributed by atoms with Crippen molar-refractivity contribution in [1.82, 2.24) is 13.5 Å². The molecule has 5 nitrogen and oxygen atoms in total. The average molecular weight is 1640 g/mol. The van der Waals surface area contributed by atoms with Crippen molar-refractivity contribution in [2.75, 3.05) is 9.80 Å². The van der Waals surface area contributed by atoms with E-state index in [1.54, 1.807) is 4.57 Å². The predicted octanol–water partition coefficient (Wildman–Crippen LogP) is 31.0. The van der Waals surface area contributed by atoms with E-state index in [0.717, 1.165) is 194 Å². The first-order valence-corrected chi connectivity index (χ1v) is 44.2. The molecule has 23 aromatic rings. The molecular formula is C122H88BN5. The number of anilines is 6. The SMILES string of the molecule is [2H]c1c([2H])c([2H])c2c(c1[2H])c1c([2H])c([2H])c([2H])c([2H])c1n2-c1ccc2c(c1)N(c1c(-c3ccccc3)cc(-c3ccc(C(C)(C)C)cc3)cc1-c1ccccc1)c1cc(-c3ccc4c(c3)c3cccc5c6ccccc6n4c53)cc3c1B2c1ccc(-c2ccc4c(c2)c2ccccc2n4-c2ccccc2)cc1N3c1c(-c2ccccc2)cc(-c2ccc(C(C)(C)C)cc2)cc1-c1ccccc1. The van der Waals surface area contributed by atoms with Crippen molar-refractivity contribution in [2.45, 2.75) is 52.4 Å². The minimum atomic E-state index is -0.600. The van der Waals surface area contributed by atoms with Crippen LogP contribution in [0.2, 0.25) is 0 Å². The Morgan fingerprint density at radius 1 is 0.234 bits per heavy atom. The highest BCUT2D eigenvalue weighted by Gasteiger charge is 2.46. The van der Waals surface area contributed by atoms with Crippen molar-refractivity contribution >= 4 is 139 Å². The molecule has 2 aliphatic rings. The molecule has 0 bridgehead atoms. The van der Waals surface area contributed by atoms with E-state index in [1.165, 1.54) is 21.9 Å². The standard InChI is InChI=1S/C122H88BN5/c1-121(2,3)89-58-51-77(52-59-89)86-69-99(79-31-12-7-13-32-79)119(100(70-86)80-33-14-8-15-34-80)127-113-73-85(83-56-65-111-103(67-83)96-44-25-28-49-109(96)124(111)91-39-20-11-21-40-91)55-63-105(113)123-106-64-62-92(125-107-47-26-22-41-93(107)94-42-23-27-48-108(94)125)76-114(106)128(120-101(81-35-16-9-17-36-81)71-87(72-102(120)82-37-18-10-19-38-82)78-53-60-90(61-54-78)122(4,5)6)116-75-88(74-115(127)117(116)123)84-57-66-112-104(68-84)98-46-30-45-97-95-43-24-29-50-110(95)126(112)118(97)98/h7-76H,1-6H3/i22D,23D,26D,27D,41D,42D,47D,48D. The summed E-state index contributed by atoms with van der Waals surface area (Å²) >= 11 is 0. The molecule has 0 spiro atoms. The Labute approximate surface area is 756 Å². The van der Waals surface area contributed by atoms with Gasteiger partial charge in [0.05, 0.1) is 61.0 Å². The predicted molar refractivity (Wildman–Crippen MR) is 545 cm³/mol. The summed E-state index contributed by atoms with van der Waals surface area (Å²) in [6.45, 7) is 12.9. The minimum absolute atomic E-state index is 0.00742. The molecule has 0 amide bonds. The van der Waals surface area contributed by atoms with Gasteiger partial charge < -0.3 is 23.3 Å². The maximum atomic E-state index is 10.1. The molecule has 25 rings (SSSR count). The summed E-state index contributed by atoms with van der Waals surface area (Å²) in [6, 6.07) is 134. The lowest BCUT2D eigenvalue weighted by atomic mass is 9.33. The number of benzene rings is 19. The second kappa shape index (κ2) is 28.9. The van der Waals surface area contributed by atoms with Gasteiger partial charge in [-0.1, -0.05) is 351 Å². The molecule has 0 aliphatic carbocycles. The molecule has 19 aromatic carbocycles. The van der Waals surface area contributed by atoms with Crippen LogP contribution in [0.3, 0.4) is 0 Å². The smallest absolute Gasteiger partial charge is 0.252 e. The van der Waals surface area contributed by atoms with Crippen LogP contribution in [0.5, 0.6) is 0 Å². The van der Waals surface area contributed by atoms with Crippen LogP contribution >= 0.6 is 0 Å². The lowest BCUT2D eigenvalue weighted by molar-refractivity contribution is 0.590. The third-order valence-corrected chi connectivity index (χ3v) is 27.1. The number of hydrogen-bond acceptors (Lipinski definition) is 2. The quantitative estimate of drug-likeness (QED) is 0.114. The van der Waals surface area contributed by atoms with Crippen LogP contribution in [0.1, 0.15) is 63.6 Å². The van der Waals surface area contributed by atoms with Crippen LogP contribution in [0.4, 0.5) is 34.1 Å². The molecule has 6 heterocycles. The molecule has 0 saturated heterocycles. The zero-order valence-electron chi connectivity index (χ0n) is 79.6. The third-order valence-electron chi connectivity index (χ3n) is 27.1. The van der Waals surface area contributed by atoms with Gasteiger partial charge in [-0.3, -0.25) is 0 Å². The van der Waals surface area contributed by atoms with Gasteiger partial charge in [0.15, 0.2) is 0 Å². The molecule has 0 unspecified atom stereocenters. The van der Waals surface area contributed by atoms with E-state index in [2.05, 4.69) is 430 Å². The van der Waals surface area contributed by atoms with Crippen molar-refractivity contribution in [3.8, 4) is 100 Å². The number of nitrogens with zero attached hydrogens (tertiary/aromatic N) is 5. The summed E-state index contributed by atoms with van der Waals surface area (Å²) in [5.41, 5.74) is 33.3. The summed E-state index contributed by atoms with van der Waals surface area (Å²) in [7, 11) is 0. The second-order valence-corrected chi connectivity index (χ2v) is 36.5. The third kappa shape index (κ3) is 11.8. The van der Waals surface area contributed by atoms with Gasteiger partial charge in [-0.2, -0.15) is 0 Å². The first-order valence-electron chi connectivity index (χ1n) is 48.2. The van der Waals surface area contributed by atoms with Gasteiger partial charge in [-0.15, -0.1) is 0 Å². The molecule has 0 N–H and O–H groups in total. The Kier molecular flexibility index (Phi) is 15.1. The number of fused-ring (bicyclic) bond motifs is 16. The molecule has 0 atom stereocenters. The van der Waals surface area contributed by atoms with Crippen LogP contribution in [0.15, 0.2) is 424 Å². The van der Waals surface area contributed by atoms with Gasteiger partial charge in [-0.05, 0) is 220 Å². The molecule has 0 fully saturated rings. The van der Waals surface area contributed by atoms with Gasteiger partial charge in [0.25, 0.3) is 6.71 Å². The van der Waals surface area contributed by atoms with E-state index >= 15 is 0 Å². The highest BCUT2D eigenvalue weighted by molar-refractivity contribution is 7.00. The number of aromatic nitrogens is 3. The first kappa shape index (κ1) is 66.8. The van der Waals surface area contributed by atoms with Crippen LogP contribution in [-0.2, 0) is 10.8 Å². The topological polar surface area (TPSA) is 20.8 Å². The van der Waals surface area contributed by atoms with Gasteiger partial charge >= 0.3 is 0 Å². The van der Waals surface area contributed by atoms with Crippen LogP contribution < -0.4 is 26.2 Å². The van der Waals surface area contributed by atoms with E-state index < -0.39 is 43.0 Å². The maximum absolute atomic E-state index is 10.1.